The number of benzene rings is 6. The number of aryl methyl sites for hydroxylation is 2. The summed E-state index contributed by atoms with van der Waals surface area (Å²) in [5.74, 6) is 1.91. The second-order valence-electron chi connectivity index (χ2n) is 11.4. The maximum atomic E-state index is 12.5. The van der Waals surface area contributed by atoms with Crippen molar-refractivity contribution in [2.24, 2.45) is 14.1 Å². The summed E-state index contributed by atoms with van der Waals surface area (Å²) in [6, 6.07) is 47.6. The molecule has 0 N–H and O–H groups in total. The number of fused-ring (bicyclic) bond motifs is 2. The zero-order valence-electron chi connectivity index (χ0n) is 25.4. The normalized spacial score (nSPS) is 11.3. The fourth-order valence-corrected chi connectivity index (χ4v) is 6.21. The summed E-state index contributed by atoms with van der Waals surface area (Å²) in [6.07, 6.45) is 0. The lowest BCUT2D eigenvalue weighted by Crippen LogP contribution is -2.19. The predicted octanol–water partition coefficient (Wildman–Crippen LogP) is 8.55. The fourth-order valence-electron chi connectivity index (χ4n) is 6.21. The highest BCUT2D eigenvalue weighted by molar-refractivity contribution is 6.05. The highest BCUT2D eigenvalue weighted by atomic mass is 16.1. The minimum absolute atomic E-state index is 0.0273. The third-order valence-electron chi connectivity index (χ3n) is 8.66. The first-order chi connectivity index (χ1) is 22.5. The average molecular weight is 596 g/mol. The summed E-state index contributed by atoms with van der Waals surface area (Å²) in [6.45, 7) is 0. The highest BCUT2D eigenvalue weighted by Crippen LogP contribution is 2.37. The molecule has 0 saturated carbocycles. The van der Waals surface area contributed by atoms with Crippen molar-refractivity contribution in [1.82, 2.24) is 24.1 Å². The van der Waals surface area contributed by atoms with E-state index in [2.05, 4.69) is 72.8 Å². The lowest BCUT2D eigenvalue weighted by molar-refractivity contribution is 0.795. The maximum absolute atomic E-state index is 12.5. The Bertz CT molecular complexity index is 2390. The molecule has 0 spiro atoms. The molecule has 2 aromatic heterocycles. The molecule has 0 amide bonds. The zero-order chi connectivity index (χ0) is 31.2. The SMILES string of the molecule is Cn1c(=O)n(C)c2cc(-c3ccc(-c4ccc(-c5nc(-c6ccccc6)nc(-c6ccccc6)n5)cc4)c4ccccc34)ccc21. The van der Waals surface area contributed by atoms with E-state index in [-0.39, 0.29) is 5.69 Å². The van der Waals surface area contributed by atoms with E-state index in [1.807, 2.05) is 80.8 Å². The summed E-state index contributed by atoms with van der Waals surface area (Å²) in [5, 5.41) is 2.31. The van der Waals surface area contributed by atoms with Crippen molar-refractivity contribution in [2.45, 2.75) is 0 Å². The Morgan fingerprint density at radius 3 is 1.37 bits per heavy atom. The Kier molecular flexibility index (Phi) is 6.61. The molecule has 0 aliphatic heterocycles. The molecule has 2 heterocycles. The fraction of sp³-hybridized carbons (Fsp3) is 0.0500. The third kappa shape index (κ3) is 4.68. The van der Waals surface area contributed by atoms with Crippen molar-refractivity contribution in [3.05, 3.63) is 150 Å². The molecule has 6 heteroatoms. The van der Waals surface area contributed by atoms with Gasteiger partial charge in [-0.25, -0.2) is 19.7 Å². The summed E-state index contributed by atoms with van der Waals surface area (Å²) >= 11 is 0. The minimum Gasteiger partial charge on any atom is -0.295 e. The molecule has 8 rings (SSSR count). The van der Waals surface area contributed by atoms with Crippen LogP contribution in [0.5, 0.6) is 0 Å². The largest absolute Gasteiger partial charge is 0.328 e. The molecule has 0 unspecified atom stereocenters. The van der Waals surface area contributed by atoms with Gasteiger partial charge in [0.1, 0.15) is 0 Å². The van der Waals surface area contributed by atoms with Crippen molar-refractivity contribution < 1.29 is 0 Å². The number of hydrogen-bond donors (Lipinski definition) is 0. The Hall–Kier alpha value is -6.14. The van der Waals surface area contributed by atoms with E-state index in [4.69, 9.17) is 15.0 Å². The molecule has 46 heavy (non-hydrogen) atoms. The molecule has 8 aromatic rings. The monoisotopic (exact) mass is 595 g/mol. The second-order valence-corrected chi connectivity index (χ2v) is 11.4. The molecule has 0 aliphatic rings. The van der Waals surface area contributed by atoms with Gasteiger partial charge in [-0.1, -0.05) is 127 Å². The molecule has 0 radical (unpaired) electrons. The third-order valence-corrected chi connectivity index (χ3v) is 8.66. The van der Waals surface area contributed by atoms with Crippen molar-refractivity contribution in [2.75, 3.05) is 0 Å². The van der Waals surface area contributed by atoms with Crippen LogP contribution in [0.1, 0.15) is 0 Å². The Morgan fingerprint density at radius 1 is 0.413 bits per heavy atom. The smallest absolute Gasteiger partial charge is 0.295 e. The van der Waals surface area contributed by atoms with E-state index in [0.29, 0.717) is 17.5 Å². The van der Waals surface area contributed by atoms with Gasteiger partial charge in [-0.15, -0.1) is 0 Å². The quantitative estimate of drug-likeness (QED) is 0.200. The van der Waals surface area contributed by atoms with Crippen LogP contribution in [0.25, 0.3) is 78.2 Å². The van der Waals surface area contributed by atoms with E-state index < -0.39 is 0 Å². The minimum atomic E-state index is -0.0273. The molecule has 0 aliphatic carbocycles. The summed E-state index contributed by atoms with van der Waals surface area (Å²) in [5.41, 5.74) is 9.06. The standard InChI is InChI=1S/C40H29N5O/c1-44-35-24-21-30(25-36(35)45(2)40(44)46)32-23-22-31(33-15-9-10-16-34(32)33)26-17-19-29(20-18-26)39-42-37(27-11-5-3-6-12-27)41-38(43-39)28-13-7-4-8-14-28/h3-25H,1-2H3. The van der Waals surface area contributed by atoms with Gasteiger partial charge in [0.15, 0.2) is 17.5 Å². The van der Waals surface area contributed by atoms with Crippen molar-refractivity contribution >= 4 is 21.8 Å². The van der Waals surface area contributed by atoms with Crippen LogP contribution < -0.4 is 5.69 Å². The van der Waals surface area contributed by atoms with Gasteiger partial charge in [0.2, 0.25) is 0 Å². The number of rotatable bonds is 5. The molecule has 6 nitrogen and oxygen atoms in total. The first-order valence-electron chi connectivity index (χ1n) is 15.2. The second kappa shape index (κ2) is 11.1. The van der Waals surface area contributed by atoms with Gasteiger partial charge in [0, 0.05) is 30.8 Å². The van der Waals surface area contributed by atoms with Crippen LogP contribution in [-0.2, 0) is 14.1 Å². The summed E-state index contributed by atoms with van der Waals surface area (Å²) < 4.78 is 3.39. The van der Waals surface area contributed by atoms with Gasteiger partial charge in [0.05, 0.1) is 11.0 Å². The Morgan fingerprint density at radius 2 is 0.826 bits per heavy atom. The van der Waals surface area contributed by atoms with E-state index in [1.165, 1.54) is 0 Å². The Balaban J connectivity index is 1.20. The lowest BCUT2D eigenvalue weighted by Gasteiger charge is -2.13. The molecule has 0 saturated heterocycles. The van der Waals surface area contributed by atoms with Crippen molar-refractivity contribution in [3.63, 3.8) is 0 Å². The van der Waals surface area contributed by atoms with E-state index in [1.54, 1.807) is 9.13 Å². The maximum Gasteiger partial charge on any atom is 0.328 e. The molecule has 6 aromatic carbocycles. The van der Waals surface area contributed by atoms with Crippen LogP contribution in [-0.4, -0.2) is 24.1 Å². The van der Waals surface area contributed by atoms with E-state index in [0.717, 1.165) is 60.8 Å². The number of imidazole rings is 1. The van der Waals surface area contributed by atoms with Crippen LogP contribution in [0.15, 0.2) is 144 Å². The molecule has 0 atom stereocenters. The first kappa shape index (κ1) is 27.4. The van der Waals surface area contributed by atoms with Crippen LogP contribution in [0.4, 0.5) is 0 Å². The number of aromatic nitrogens is 5. The van der Waals surface area contributed by atoms with E-state index >= 15 is 0 Å². The van der Waals surface area contributed by atoms with Gasteiger partial charge in [-0.2, -0.15) is 0 Å². The van der Waals surface area contributed by atoms with Gasteiger partial charge < -0.3 is 0 Å². The topological polar surface area (TPSA) is 65.6 Å². The molecular weight excluding hydrogens is 566 g/mol. The lowest BCUT2D eigenvalue weighted by atomic mass is 9.91. The highest BCUT2D eigenvalue weighted by Gasteiger charge is 2.15. The van der Waals surface area contributed by atoms with Gasteiger partial charge in [-0.05, 0) is 45.2 Å². The van der Waals surface area contributed by atoms with Gasteiger partial charge in [-0.3, -0.25) is 9.13 Å². The van der Waals surface area contributed by atoms with Crippen LogP contribution in [0, 0.1) is 0 Å². The van der Waals surface area contributed by atoms with Crippen molar-refractivity contribution in [3.8, 4) is 56.4 Å². The molecule has 220 valence electrons. The zero-order valence-corrected chi connectivity index (χ0v) is 25.4. The summed E-state index contributed by atoms with van der Waals surface area (Å²) in [4.78, 5) is 27.1. The van der Waals surface area contributed by atoms with Crippen molar-refractivity contribution in [1.29, 1.82) is 0 Å². The molecule has 0 bridgehead atoms. The predicted molar refractivity (Wildman–Crippen MR) is 186 cm³/mol. The van der Waals surface area contributed by atoms with Crippen LogP contribution in [0.2, 0.25) is 0 Å². The van der Waals surface area contributed by atoms with Gasteiger partial charge >= 0.3 is 5.69 Å². The van der Waals surface area contributed by atoms with Gasteiger partial charge in [0.25, 0.3) is 0 Å². The first-order valence-corrected chi connectivity index (χ1v) is 15.2. The van der Waals surface area contributed by atoms with E-state index in [9.17, 15) is 4.79 Å². The Labute approximate surface area is 265 Å². The number of hydrogen-bond acceptors (Lipinski definition) is 4. The van der Waals surface area contributed by atoms with Crippen LogP contribution in [0.3, 0.4) is 0 Å². The molecule has 0 fully saturated rings. The summed E-state index contributed by atoms with van der Waals surface area (Å²) in [7, 11) is 3.63. The number of nitrogens with zero attached hydrogens (tertiary/aromatic N) is 5. The average Bonchev–Trinajstić information content (AvgIpc) is 3.34. The van der Waals surface area contributed by atoms with Crippen LogP contribution >= 0.6 is 0 Å². The molecular formula is C40H29N5O.